The number of rotatable bonds is 4. The van der Waals surface area contributed by atoms with Crippen LogP contribution in [0.4, 0.5) is 11.5 Å². The van der Waals surface area contributed by atoms with E-state index in [1.807, 2.05) is 27.8 Å². The molecule has 0 atom stereocenters. The molecule has 1 aromatic carbocycles. The molecule has 3 aromatic heterocycles. The lowest BCUT2D eigenvalue weighted by atomic mass is 10.1. The van der Waals surface area contributed by atoms with Crippen molar-refractivity contribution >= 4 is 56.2 Å². The maximum absolute atomic E-state index is 12.9. The molecule has 0 spiro atoms. The molecular weight excluding hydrogens is 430 g/mol. The van der Waals surface area contributed by atoms with Crippen LogP contribution in [0, 0.1) is 0 Å². The summed E-state index contributed by atoms with van der Waals surface area (Å²) >= 11 is 3.00. The van der Waals surface area contributed by atoms with Crippen LogP contribution in [0.25, 0.3) is 10.2 Å². The Morgan fingerprint density at radius 1 is 0.903 bits per heavy atom. The first-order chi connectivity index (χ1) is 15.2. The molecule has 1 N–H and O–H groups in total. The first-order valence-corrected chi connectivity index (χ1v) is 11.6. The van der Waals surface area contributed by atoms with Gasteiger partial charge in [-0.05, 0) is 47.2 Å². The number of nitrogens with one attached hydrogen (secondary N) is 1. The lowest BCUT2D eigenvalue weighted by Gasteiger charge is -2.35. The zero-order valence-corrected chi connectivity index (χ0v) is 18.2. The lowest BCUT2D eigenvalue weighted by molar-refractivity contribution is 0.0746. The number of nitrogens with zero attached hydrogens (tertiary/aromatic N) is 4. The fourth-order valence-electron chi connectivity index (χ4n) is 3.63. The summed E-state index contributed by atoms with van der Waals surface area (Å²) in [5.74, 6) is 0.790. The smallest absolute Gasteiger partial charge is 0.265 e. The number of piperazine rings is 1. The van der Waals surface area contributed by atoms with E-state index in [0.29, 0.717) is 29.2 Å². The Hall–Kier alpha value is -3.30. The van der Waals surface area contributed by atoms with Gasteiger partial charge < -0.3 is 15.1 Å². The van der Waals surface area contributed by atoms with Crippen molar-refractivity contribution in [3.63, 3.8) is 0 Å². The zero-order chi connectivity index (χ0) is 21.2. The predicted molar refractivity (Wildman–Crippen MR) is 124 cm³/mol. The molecule has 156 valence electrons. The third-order valence-electron chi connectivity index (χ3n) is 5.24. The van der Waals surface area contributed by atoms with Crippen LogP contribution in [0.2, 0.25) is 0 Å². The molecule has 0 bridgehead atoms. The maximum atomic E-state index is 12.9. The van der Waals surface area contributed by atoms with Crippen LogP contribution in [-0.2, 0) is 0 Å². The average molecular weight is 450 g/mol. The fourth-order valence-corrected chi connectivity index (χ4v) is 4.98. The van der Waals surface area contributed by atoms with Crippen LogP contribution in [0.15, 0.2) is 59.6 Å². The Kier molecular flexibility index (Phi) is 5.35. The van der Waals surface area contributed by atoms with Crippen molar-refractivity contribution in [1.82, 2.24) is 14.9 Å². The third kappa shape index (κ3) is 4.01. The Balaban J connectivity index is 1.21. The van der Waals surface area contributed by atoms with Crippen LogP contribution < -0.4 is 10.2 Å². The average Bonchev–Trinajstić information content (AvgIpc) is 3.51. The third-order valence-corrected chi connectivity index (χ3v) is 6.93. The Labute approximate surface area is 187 Å². The summed E-state index contributed by atoms with van der Waals surface area (Å²) in [5.41, 5.74) is 1.29. The number of aromatic nitrogens is 2. The molecule has 0 aliphatic carbocycles. The summed E-state index contributed by atoms with van der Waals surface area (Å²) in [6.07, 6.45) is 1.60. The zero-order valence-electron chi connectivity index (χ0n) is 16.5. The molecule has 31 heavy (non-hydrogen) atoms. The molecule has 7 nitrogen and oxygen atoms in total. The molecule has 0 saturated carbocycles. The fraction of sp³-hybridized carbons (Fsp3) is 0.182. The summed E-state index contributed by atoms with van der Waals surface area (Å²) in [5, 5.41) is 7.81. The largest absolute Gasteiger partial charge is 0.352 e. The highest BCUT2D eigenvalue weighted by atomic mass is 32.1. The van der Waals surface area contributed by atoms with E-state index in [1.54, 1.807) is 48.0 Å². The van der Waals surface area contributed by atoms with E-state index in [9.17, 15) is 9.59 Å². The van der Waals surface area contributed by atoms with Crippen molar-refractivity contribution < 1.29 is 9.59 Å². The molecule has 9 heteroatoms. The number of carbonyl (C=O) groups is 2. The number of hydrogen-bond donors (Lipinski definition) is 1. The number of benzene rings is 1. The Morgan fingerprint density at radius 3 is 2.45 bits per heavy atom. The molecular formula is C22H19N5O2S2. The van der Waals surface area contributed by atoms with Gasteiger partial charge in [0, 0.05) is 37.4 Å². The molecule has 0 unspecified atom stereocenters. The summed E-state index contributed by atoms with van der Waals surface area (Å²) in [6.45, 7) is 2.71. The van der Waals surface area contributed by atoms with Crippen LogP contribution >= 0.6 is 22.7 Å². The highest BCUT2D eigenvalue weighted by molar-refractivity contribution is 7.16. The molecule has 1 aliphatic heterocycles. The molecule has 1 fully saturated rings. The van der Waals surface area contributed by atoms with Crippen LogP contribution in [0.3, 0.4) is 0 Å². The first-order valence-electron chi connectivity index (χ1n) is 9.86. The van der Waals surface area contributed by atoms with E-state index in [2.05, 4.69) is 20.2 Å². The SMILES string of the molecule is O=C(Nc1ccc(C(=O)N2CCN(c3ncnc4sccc34)CC2)cc1)c1cccs1. The number of anilines is 2. The molecule has 1 aliphatic rings. The van der Waals surface area contributed by atoms with Gasteiger partial charge in [0.15, 0.2) is 0 Å². The van der Waals surface area contributed by atoms with E-state index in [4.69, 9.17) is 0 Å². The summed E-state index contributed by atoms with van der Waals surface area (Å²) in [6, 6.07) is 12.7. The minimum atomic E-state index is -0.144. The monoisotopic (exact) mass is 449 g/mol. The second-order valence-electron chi connectivity index (χ2n) is 7.12. The Bertz CT molecular complexity index is 1210. The van der Waals surface area contributed by atoms with Gasteiger partial charge in [-0.3, -0.25) is 9.59 Å². The minimum absolute atomic E-state index is 0.000786. The molecule has 5 rings (SSSR count). The van der Waals surface area contributed by atoms with E-state index < -0.39 is 0 Å². The van der Waals surface area contributed by atoms with Gasteiger partial charge in [-0.15, -0.1) is 22.7 Å². The molecule has 0 radical (unpaired) electrons. The summed E-state index contributed by atoms with van der Waals surface area (Å²) in [7, 11) is 0. The van der Waals surface area contributed by atoms with Gasteiger partial charge in [-0.2, -0.15) is 0 Å². The second kappa shape index (κ2) is 8.44. The number of hydrogen-bond acceptors (Lipinski definition) is 7. The standard InChI is InChI=1S/C22H19N5O2S2/c28-20(18-2-1-12-30-18)25-16-5-3-15(4-6-16)22(29)27-10-8-26(9-11-27)19-17-7-13-31-21(17)24-14-23-19/h1-7,12-14H,8-11H2,(H,25,28). The normalized spacial score (nSPS) is 14.1. The molecule has 1 saturated heterocycles. The quantitative estimate of drug-likeness (QED) is 0.510. The van der Waals surface area contributed by atoms with Gasteiger partial charge in [0.25, 0.3) is 11.8 Å². The highest BCUT2D eigenvalue weighted by Gasteiger charge is 2.24. The van der Waals surface area contributed by atoms with Gasteiger partial charge in [0.2, 0.25) is 0 Å². The van der Waals surface area contributed by atoms with Crippen molar-refractivity contribution in [2.75, 3.05) is 36.4 Å². The van der Waals surface area contributed by atoms with Gasteiger partial charge in [-0.1, -0.05) is 6.07 Å². The Morgan fingerprint density at radius 2 is 1.71 bits per heavy atom. The van der Waals surface area contributed by atoms with E-state index in [-0.39, 0.29) is 11.8 Å². The van der Waals surface area contributed by atoms with E-state index >= 15 is 0 Å². The van der Waals surface area contributed by atoms with Crippen LogP contribution in [0.5, 0.6) is 0 Å². The van der Waals surface area contributed by atoms with Crippen LogP contribution in [0.1, 0.15) is 20.0 Å². The first kappa shape index (κ1) is 19.7. The van der Waals surface area contributed by atoms with Crippen molar-refractivity contribution in [3.8, 4) is 0 Å². The maximum Gasteiger partial charge on any atom is 0.265 e. The van der Waals surface area contributed by atoms with Gasteiger partial charge in [0.1, 0.15) is 17.0 Å². The number of thiophene rings is 2. The molecule has 4 heterocycles. The number of fused-ring (bicyclic) bond motifs is 1. The van der Waals surface area contributed by atoms with Crippen molar-refractivity contribution in [2.45, 2.75) is 0 Å². The van der Waals surface area contributed by atoms with E-state index in [0.717, 1.165) is 29.1 Å². The molecule has 2 amide bonds. The molecule has 4 aromatic rings. The van der Waals surface area contributed by atoms with Gasteiger partial charge >= 0.3 is 0 Å². The minimum Gasteiger partial charge on any atom is -0.352 e. The predicted octanol–water partition coefficient (Wildman–Crippen LogP) is 3.97. The van der Waals surface area contributed by atoms with Crippen molar-refractivity contribution in [3.05, 3.63) is 70.0 Å². The second-order valence-corrected chi connectivity index (χ2v) is 8.97. The van der Waals surface area contributed by atoms with Gasteiger partial charge in [-0.25, -0.2) is 9.97 Å². The lowest BCUT2D eigenvalue weighted by Crippen LogP contribution is -2.49. The summed E-state index contributed by atoms with van der Waals surface area (Å²) in [4.78, 5) is 39.6. The van der Waals surface area contributed by atoms with Crippen LogP contribution in [-0.4, -0.2) is 52.9 Å². The number of carbonyl (C=O) groups excluding carboxylic acids is 2. The number of amides is 2. The van der Waals surface area contributed by atoms with E-state index in [1.165, 1.54) is 11.3 Å². The highest BCUT2D eigenvalue weighted by Crippen LogP contribution is 2.27. The van der Waals surface area contributed by atoms with Gasteiger partial charge in [0.05, 0.1) is 10.3 Å². The van der Waals surface area contributed by atoms with Crippen molar-refractivity contribution in [2.24, 2.45) is 0 Å². The topological polar surface area (TPSA) is 78.4 Å². The van der Waals surface area contributed by atoms with Crippen molar-refractivity contribution in [1.29, 1.82) is 0 Å². The summed E-state index contributed by atoms with van der Waals surface area (Å²) < 4.78 is 0.